The molecule has 0 radical (unpaired) electrons. The molecule has 0 fully saturated rings. The van der Waals surface area contributed by atoms with Gasteiger partial charge in [-0.25, -0.2) is 0 Å². The zero-order valence-corrected chi connectivity index (χ0v) is 29.6. The van der Waals surface area contributed by atoms with Crippen molar-refractivity contribution in [1.29, 1.82) is 0 Å². The van der Waals surface area contributed by atoms with Crippen molar-refractivity contribution in [3.05, 3.63) is 212 Å². The molecule has 0 saturated carbocycles. The Labute approximate surface area is 314 Å². The maximum atomic E-state index is 6.40. The number of hydrogen-bond acceptors (Lipinski definition) is 2. The topological polar surface area (TPSA) is 16.4 Å². The van der Waals surface area contributed by atoms with E-state index in [1.807, 2.05) is 0 Å². The summed E-state index contributed by atoms with van der Waals surface area (Å²) in [5.41, 5.74) is 14.6. The number of furan rings is 1. The van der Waals surface area contributed by atoms with E-state index in [1.165, 1.54) is 38.8 Å². The fourth-order valence-corrected chi connectivity index (χ4v) is 7.68. The van der Waals surface area contributed by atoms with Gasteiger partial charge in [-0.3, -0.25) is 0 Å². The van der Waals surface area contributed by atoms with Crippen LogP contribution in [0.25, 0.3) is 77.2 Å². The van der Waals surface area contributed by atoms with Crippen molar-refractivity contribution >= 4 is 49.8 Å². The van der Waals surface area contributed by atoms with Gasteiger partial charge in [-0.15, -0.1) is 0 Å². The summed E-state index contributed by atoms with van der Waals surface area (Å²) in [6, 6.07) is 75.9. The summed E-state index contributed by atoms with van der Waals surface area (Å²) in [7, 11) is 0. The molecular weight excluding hydrogens is 655 g/mol. The lowest BCUT2D eigenvalue weighted by atomic mass is 9.99. The number of hydrogen-bond donors (Lipinski definition) is 0. The van der Waals surface area contributed by atoms with E-state index >= 15 is 0 Å². The highest BCUT2D eigenvalue weighted by Gasteiger charge is 2.16. The summed E-state index contributed by atoms with van der Waals surface area (Å²) in [6.07, 6.45) is 0. The average Bonchev–Trinajstić information content (AvgIpc) is 3.64. The standard InChI is InChI=1S/C52H35NO/c1-3-10-36(11-4-1)38-18-20-39(21-19-38)40-22-28-45(29-23-40)53(47-16-9-15-43(34-47)37-12-5-2-6-13-37)46-30-24-41(25-31-46)44-27-33-51-50(35-44)49-32-26-42-14-7-8-17-48(42)52(49)54-51/h1-35H. The third kappa shape index (κ3) is 5.81. The first-order valence-electron chi connectivity index (χ1n) is 18.4. The van der Waals surface area contributed by atoms with Crippen LogP contribution in [-0.4, -0.2) is 0 Å². The molecule has 0 unspecified atom stereocenters. The Hall–Kier alpha value is -7.16. The lowest BCUT2D eigenvalue weighted by molar-refractivity contribution is 0.672. The highest BCUT2D eigenvalue weighted by Crippen LogP contribution is 2.40. The van der Waals surface area contributed by atoms with Gasteiger partial charge >= 0.3 is 0 Å². The molecule has 10 rings (SSSR count). The van der Waals surface area contributed by atoms with Crippen LogP contribution in [0.5, 0.6) is 0 Å². The minimum absolute atomic E-state index is 0.904. The van der Waals surface area contributed by atoms with Crippen molar-refractivity contribution in [3.8, 4) is 44.5 Å². The third-order valence-electron chi connectivity index (χ3n) is 10.5. The van der Waals surface area contributed by atoms with Gasteiger partial charge in [0.2, 0.25) is 0 Å². The van der Waals surface area contributed by atoms with E-state index in [9.17, 15) is 0 Å². The number of nitrogens with zero attached hydrogens (tertiary/aromatic N) is 1. The Balaban J connectivity index is 1.01. The third-order valence-corrected chi connectivity index (χ3v) is 10.5. The van der Waals surface area contributed by atoms with E-state index in [4.69, 9.17) is 4.42 Å². The molecule has 0 aliphatic heterocycles. The predicted molar refractivity (Wildman–Crippen MR) is 228 cm³/mol. The molecule has 10 aromatic rings. The summed E-state index contributed by atoms with van der Waals surface area (Å²) in [4.78, 5) is 2.34. The van der Waals surface area contributed by atoms with Crippen LogP contribution in [-0.2, 0) is 0 Å². The lowest BCUT2D eigenvalue weighted by Gasteiger charge is -2.26. The Morgan fingerprint density at radius 1 is 0.278 bits per heavy atom. The minimum atomic E-state index is 0.904. The summed E-state index contributed by atoms with van der Waals surface area (Å²) < 4.78 is 6.40. The number of benzene rings is 9. The Bertz CT molecular complexity index is 2890. The highest BCUT2D eigenvalue weighted by molar-refractivity contribution is 6.15. The van der Waals surface area contributed by atoms with E-state index in [0.717, 1.165) is 55.5 Å². The molecule has 0 aliphatic rings. The Morgan fingerprint density at radius 3 is 1.41 bits per heavy atom. The average molecular weight is 690 g/mol. The van der Waals surface area contributed by atoms with Crippen LogP contribution in [0.4, 0.5) is 17.1 Å². The fraction of sp³-hybridized carbons (Fsp3) is 0. The first kappa shape index (κ1) is 31.6. The molecule has 2 heteroatoms. The lowest BCUT2D eigenvalue weighted by Crippen LogP contribution is -2.10. The van der Waals surface area contributed by atoms with E-state index < -0.39 is 0 Å². The molecule has 54 heavy (non-hydrogen) atoms. The maximum Gasteiger partial charge on any atom is 0.143 e. The number of anilines is 3. The van der Waals surface area contributed by atoms with Crippen molar-refractivity contribution in [2.75, 3.05) is 4.90 Å². The summed E-state index contributed by atoms with van der Waals surface area (Å²) in [5, 5.41) is 4.60. The molecule has 0 atom stereocenters. The molecule has 0 N–H and O–H groups in total. The SMILES string of the molecule is c1ccc(-c2ccc(-c3ccc(N(c4ccc(-c5ccc6oc7c8ccccc8ccc7c6c5)cc4)c4cccc(-c5ccccc5)c4)cc3)cc2)cc1. The molecule has 254 valence electrons. The van der Waals surface area contributed by atoms with Gasteiger partial charge in [0.1, 0.15) is 11.2 Å². The minimum Gasteiger partial charge on any atom is -0.455 e. The first-order valence-corrected chi connectivity index (χ1v) is 18.4. The van der Waals surface area contributed by atoms with Crippen molar-refractivity contribution in [2.24, 2.45) is 0 Å². The molecule has 1 heterocycles. The molecule has 0 saturated heterocycles. The maximum absolute atomic E-state index is 6.40. The predicted octanol–water partition coefficient (Wildman–Crippen LogP) is 14.9. The zero-order chi connectivity index (χ0) is 35.8. The van der Waals surface area contributed by atoms with Crippen molar-refractivity contribution < 1.29 is 4.42 Å². The van der Waals surface area contributed by atoms with Gasteiger partial charge in [-0.05, 0) is 104 Å². The number of rotatable bonds is 7. The van der Waals surface area contributed by atoms with Crippen molar-refractivity contribution in [1.82, 2.24) is 0 Å². The quantitative estimate of drug-likeness (QED) is 0.166. The summed E-state index contributed by atoms with van der Waals surface area (Å²) >= 11 is 0. The fourth-order valence-electron chi connectivity index (χ4n) is 7.68. The van der Waals surface area contributed by atoms with E-state index in [-0.39, 0.29) is 0 Å². The largest absolute Gasteiger partial charge is 0.455 e. The molecule has 0 bridgehead atoms. The van der Waals surface area contributed by atoms with Gasteiger partial charge in [0.15, 0.2) is 0 Å². The number of fused-ring (bicyclic) bond motifs is 5. The molecule has 1 aromatic heterocycles. The monoisotopic (exact) mass is 689 g/mol. The van der Waals surface area contributed by atoms with Crippen LogP contribution >= 0.6 is 0 Å². The molecule has 0 amide bonds. The van der Waals surface area contributed by atoms with Gasteiger partial charge in [0.05, 0.1) is 0 Å². The molecule has 9 aromatic carbocycles. The molecular formula is C52H35NO. The van der Waals surface area contributed by atoms with E-state index in [0.29, 0.717) is 0 Å². The van der Waals surface area contributed by atoms with Crippen molar-refractivity contribution in [2.45, 2.75) is 0 Å². The molecule has 0 aliphatic carbocycles. The van der Waals surface area contributed by atoms with Gasteiger partial charge in [0, 0.05) is 33.2 Å². The Morgan fingerprint density at radius 2 is 0.759 bits per heavy atom. The zero-order valence-electron chi connectivity index (χ0n) is 29.6. The summed E-state index contributed by atoms with van der Waals surface area (Å²) in [6.45, 7) is 0. The Kier molecular flexibility index (Phi) is 7.85. The highest BCUT2D eigenvalue weighted by atomic mass is 16.3. The van der Waals surface area contributed by atoms with Crippen molar-refractivity contribution in [3.63, 3.8) is 0 Å². The first-order chi connectivity index (χ1) is 26.7. The molecule has 0 spiro atoms. The van der Waals surface area contributed by atoms with Crippen LogP contribution in [0.3, 0.4) is 0 Å². The van der Waals surface area contributed by atoms with Crippen LogP contribution in [0.15, 0.2) is 217 Å². The second-order valence-electron chi connectivity index (χ2n) is 13.8. The molecule has 2 nitrogen and oxygen atoms in total. The van der Waals surface area contributed by atoms with Gasteiger partial charge in [-0.2, -0.15) is 0 Å². The normalized spacial score (nSPS) is 11.3. The van der Waals surface area contributed by atoms with Crippen LogP contribution in [0.1, 0.15) is 0 Å². The van der Waals surface area contributed by atoms with Crippen LogP contribution in [0, 0.1) is 0 Å². The second kappa shape index (κ2) is 13.4. The van der Waals surface area contributed by atoms with E-state index in [1.54, 1.807) is 0 Å². The van der Waals surface area contributed by atoms with E-state index in [2.05, 4.69) is 217 Å². The van der Waals surface area contributed by atoms with Gasteiger partial charge in [0.25, 0.3) is 0 Å². The van der Waals surface area contributed by atoms with Gasteiger partial charge in [-0.1, -0.05) is 158 Å². The van der Waals surface area contributed by atoms with Crippen LogP contribution in [0.2, 0.25) is 0 Å². The smallest absolute Gasteiger partial charge is 0.143 e. The second-order valence-corrected chi connectivity index (χ2v) is 13.8. The van der Waals surface area contributed by atoms with Gasteiger partial charge < -0.3 is 9.32 Å². The van der Waals surface area contributed by atoms with Crippen LogP contribution < -0.4 is 4.90 Å². The summed E-state index contributed by atoms with van der Waals surface area (Å²) in [5.74, 6) is 0.